The molecule has 1 aliphatic rings. The molecule has 2 rings (SSSR count). The lowest BCUT2D eigenvalue weighted by molar-refractivity contribution is 0.0641. The van der Waals surface area contributed by atoms with Crippen LogP contribution in [0.4, 0.5) is 0 Å². The van der Waals surface area contributed by atoms with Crippen molar-refractivity contribution < 1.29 is 9.90 Å². The van der Waals surface area contributed by atoms with Crippen molar-refractivity contribution in [2.45, 2.75) is 84.3 Å². The summed E-state index contributed by atoms with van der Waals surface area (Å²) >= 11 is 0. The molecule has 1 saturated carbocycles. The fourth-order valence-corrected chi connectivity index (χ4v) is 3.78. The van der Waals surface area contributed by atoms with Crippen molar-refractivity contribution in [3.63, 3.8) is 0 Å². The minimum Gasteiger partial charge on any atom is -0.393 e. The Kier molecular flexibility index (Phi) is 7.28. The smallest absolute Gasteiger partial charge is 0.269 e. The van der Waals surface area contributed by atoms with Gasteiger partial charge in [-0.25, -0.2) is 0 Å². The molecule has 5 heteroatoms. The number of rotatable bonds is 8. The number of carbonyl (C=O) groups excluding carboxylic acids is 1. The van der Waals surface area contributed by atoms with Gasteiger partial charge in [-0.1, -0.05) is 26.7 Å². The highest BCUT2D eigenvalue weighted by Gasteiger charge is 2.23. The van der Waals surface area contributed by atoms with Gasteiger partial charge >= 0.3 is 0 Å². The average Bonchev–Trinajstić information content (AvgIpc) is 2.96. The second-order valence-corrected chi connectivity index (χ2v) is 7.10. The standard InChI is InChI=1S/C19H33N3O2/c1-4-16(5-2)22-17(13-14(3)21-22)19(24)20-12-8-10-15-9-6-7-11-18(15)23/h13,15-16,18,23H,4-12H2,1-3H3,(H,20,24). The van der Waals surface area contributed by atoms with E-state index in [2.05, 4.69) is 24.3 Å². The molecule has 2 unspecified atom stereocenters. The van der Waals surface area contributed by atoms with Crippen molar-refractivity contribution in [2.75, 3.05) is 6.54 Å². The molecule has 2 N–H and O–H groups in total. The zero-order chi connectivity index (χ0) is 17.5. The number of aliphatic hydroxyl groups excluding tert-OH is 1. The van der Waals surface area contributed by atoms with Gasteiger partial charge in [-0.2, -0.15) is 5.10 Å². The average molecular weight is 335 g/mol. The summed E-state index contributed by atoms with van der Waals surface area (Å²) in [6.45, 7) is 6.85. The molecule has 0 spiro atoms. The summed E-state index contributed by atoms with van der Waals surface area (Å²) in [6, 6.07) is 2.15. The summed E-state index contributed by atoms with van der Waals surface area (Å²) < 4.78 is 1.88. The minimum atomic E-state index is -0.145. The Balaban J connectivity index is 1.84. The van der Waals surface area contributed by atoms with E-state index in [0.717, 1.165) is 50.6 Å². The molecule has 136 valence electrons. The van der Waals surface area contributed by atoms with Crippen molar-refractivity contribution >= 4 is 5.91 Å². The molecule has 1 aromatic rings. The van der Waals surface area contributed by atoms with Gasteiger partial charge in [0.1, 0.15) is 5.69 Å². The molecule has 2 atom stereocenters. The fourth-order valence-electron chi connectivity index (χ4n) is 3.78. The first-order valence-corrected chi connectivity index (χ1v) is 9.59. The number of nitrogens with one attached hydrogen (secondary N) is 1. The van der Waals surface area contributed by atoms with Crippen LogP contribution < -0.4 is 5.32 Å². The van der Waals surface area contributed by atoms with Crippen LogP contribution in [0.1, 0.15) is 87.4 Å². The number of aryl methyl sites for hydroxylation is 1. The number of hydrogen-bond acceptors (Lipinski definition) is 3. The van der Waals surface area contributed by atoms with E-state index in [0.29, 0.717) is 18.2 Å². The van der Waals surface area contributed by atoms with Crippen LogP contribution in [0.15, 0.2) is 6.07 Å². The van der Waals surface area contributed by atoms with Crippen LogP contribution in [0.5, 0.6) is 0 Å². The normalized spacial score (nSPS) is 21.2. The van der Waals surface area contributed by atoms with Gasteiger partial charge in [0.25, 0.3) is 5.91 Å². The first-order valence-electron chi connectivity index (χ1n) is 9.59. The molecular formula is C19H33N3O2. The third-order valence-electron chi connectivity index (χ3n) is 5.29. The fraction of sp³-hybridized carbons (Fsp3) is 0.789. The molecule has 0 aromatic carbocycles. The first kappa shape index (κ1) is 19.0. The zero-order valence-electron chi connectivity index (χ0n) is 15.4. The minimum absolute atomic E-state index is 0.0355. The number of amides is 1. The molecule has 0 aliphatic heterocycles. The van der Waals surface area contributed by atoms with Gasteiger partial charge in [0, 0.05) is 6.54 Å². The van der Waals surface area contributed by atoms with E-state index in [1.807, 2.05) is 17.7 Å². The summed E-state index contributed by atoms with van der Waals surface area (Å²) in [4.78, 5) is 12.5. The molecular weight excluding hydrogens is 302 g/mol. The van der Waals surface area contributed by atoms with Gasteiger partial charge in [-0.05, 0) is 57.4 Å². The number of aromatic nitrogens is 2. The zero-order valence-corrected chi connectivity index (χ0v) is 15.4. The predicted molar refractivity (Wildman–Crippen MR) is 96.1 cm³/mol. The van der Waals surface area contributed by atoms with Gasteiger partial charge in [0.05, 0.1) is 17.8 Å². The summed E-state index contributed by atoms with van der Waals surface area (Å²) in [6.07, 6.45) is 8.14. The summed E-state index contributed by atoms with van der Waals surface area (Å²) in [5.74, 6) is 0.375. The Morgan fingerprint density at radius 2 is 2.08 bits per heavy atom. The summed E-state index contributed by atoms with van der Waals surface area (Å²) in [7, 11) is 0. The van der Waals surface area contributed by atoms with Crippen LogP contribution in [0.25, 0.3) is 0 Å². The maximum Gasteiger partial charge on any atom is 0.269 e. The molecule has 1 aromatic heterocycles. The van der Waals surface area contributed by atoms with E-state index in [4.69, 9.17) is 0 Å². The molecule has 5 nitrogen and oxygen atoms in total. The van der Waals surface area contributed by atoms with Crippen molar-refractivity contribution in [1.29, 1.82) is 0 Å². The largest absolute Gasteiger partial charge is 0.393 e. The van der Waals surface area contributed by atoms with Crippen molar-refractivity contribution in [2.24, 2.45) is 5.92 Å². The molecule has 24 heavy (non-hydrogen) atoms. The number of hydrogen-bond donors (Lipinski definition) is 2. The predicted octanol–water partition coefficient (Wildman–Crippen LogP) is 3.61. The maximum atomic E-state index is 12.5. The van der Waals surface area contributed by atoms with Crippen LogP contribution in [-0.4, -0.2) is 33.4 Å². The Hall–Kier alpha value is -1.36. The second kappa shape index (κ2) is 9.21. The van der Waals surface area contributed by atoms with E-state index in [1.54, 1.807) is 0 Å². The van der Waals surface area contributed by atoms with Crippen LogP contribution in [0, 0.1) is 12.8 Å². The van der Waals surface area contributed by atoms with E-state index in [-0.39, 0.29) is 18.1 Å². The Bertz CT molecular complexity index is 523. The molecule has 1 aliphatic carbocycles. The highest BCUT2D eigenvalue weighted by atomic mass is 16.3. The third-order valence-corrected chi connectivity index (χ3v) is 5.29. The van der Waals surface area contributed by atoms with Gasteiger partial charge in [-0.3, -0.25) is 9.48 Å². The molecule has 1 heterocycles. The highest BCUT2D eigenvalue weighted by molar-refractivity contribution is 5.92. The molecule has 0 bridgehead atoms. The molecule has 0 radical (unpaired) electrons. The van der Waals surface area contributed by atoms with E-state index >= 15 is 0 Å². The lowest BCUT2D eigenvalue weighted by atomic mass is 9.83. The first-order chi connectivity index (χ1) is 11.6. The second-order valence-electron chi connectivity index (χ2n) is 7.10. The van der Waals surface area contributed by atoms with E-state index < -0.39 is 0 Å². The van der Waals surface area contributed by atoms with Crippen molar-refractivity contribution in [3.05, 3.63) is 17.5 Å². The van der Waals surface area contributed by atoms with Gasteiger partial charge in [0.2, 0.25) is 0 Å². The van der Waals surface area contributed by atoms with Crippen molar-refractivity contribution in [3.8, 4) is 0 Å². The molecule has 1 amide bonds. The van der Waals surface area contributed by atoms with Gasteiger partial charge in [-0.15, -0.1) is 0 Å². The van der Waals surface area contributed by atoms with Crippen molar-refractivity contribution in [1.82, 2.24) is 15.1 Å². The Morgan fingerprint density at radius 1 is 1.38 bits per heavy atom. The lowest BCUT2D eigenvalue weighted by Gasteiger charge is -2.27. The Labute approximate surface area is 145 Å². The number of carbonyl (C=O) groups is 1. The Morgan fingerprint density at radius 3 is 2.75 bits per heavy atom. The lowest BCUT2D eigenvalue weighted by Crippen LogP contribution is -2.30. The van der Waals surface area contributed by atoms with Gasteiger partial charge < -0.3 is 10.4 Å². The SMILES string of the molecule is CCC(CC)n1nc(C)cc1C(=O)NCCCC1CCCCC1O. The van der Waals surface area contributed by atoms with E-state index in [1.165, 1.54) is 6.42 Å². The van der Waals surface area contributed by atoms with Crippen LogP contribution in [-0.2, 0) is 0 Å². The summed E-state index contributed by atoms with van der Waals surface area (Å²) in [5.41, 5.74) is 1.55. The quantitative estimate of drug-likeness (QED) is 0.713. The third kappa shape index (κ3) is 4.82. The molecule has 1 fully saturated rings. The van der Waals surface area contributed by atoms with Crippen LogP contribution in [0.3, 0.4) is 0 Å². The topological polar surface area (TPSA) is 67.2 Å². The highest BCUT2D eigenvalue weighted by Crippen LogP contribution is 2.27. The van der Waals surface area contributed by atoms with Gasteiger partial charge in [0.15, 0.2) is 0 Å². The maximum absolute atomic E-state index is 12.5. The molecule has 0 saturated heterocycles. The summed E-state index contributed by atoms with van der Waals surface area (Å²) in [5, 5.41) is 17.5. The number of aliphatic hydroxyl groups is 1. The number of nitrogens with zero attached hydrogens (tertiary/aromatic N) is 2. The van der Waals surface area contributed by atoms with E-state index in [9.17, 15) is 9.90 Å². The van der Waals surface area contributed by atoms with Crippen LogP contribution in [0.2, 0.25) is 0 Å². The van der Waals surface area contributed by atoms with Crippen LogP contribution >= 0.6 is 0 Å². The monoisotopic (exact) mass is 335 g/mol.